The van der Waals surface area contributed by atoms with Crippen LogP contribution in [0.25, 0.3) is 0 Å². The lowest BCUT2D eigenvalue weighted by molar-refractivity contribution is 0.415. The zero-order valence-corrected chi connectivity index (χ0v) is 15.8. The summed E-state index contributed by atoms with van der Waals surface area (Å²) >= 11 is 0. The van der Waals surface area contributed by atoms with Crippen molar-refractivity contribution in [3.8, 4) is 5.75 Å². The summed E-state index contributed by atoms with van der Waals surface area (Å²) < 4.78 is 18.1. The van der Waals surface area contributed by atoms with Gasteiger partial charge in [-0.2, -0.15) is 0 Å². The molecule has 134 valence electrons. The first-order chi connectivity index (χ1) is 12.7. The number of benzene rings is 3. The highest BCUT2D eigenvalue weighted by Crippen LogP contribution is 2.24. The molecule has 0 aliphatic heterocycles. The molecule has 0 bridgehead atoms. The van der Waals surface area contributed by atoms with Crippen molar-refractivity contribution in [2.24, 2.45) is 0 Å². The first-order valence-electron chi connectivity index (χ1n) is 8.56. The molecule has 1 N–H and O–H groups in total. The molecule has 0 fully saturated rings. The summed E-state index contributed by atoms with van der Waals surface area (Å²) in [5.74, 6) is 1.31. The van der Waals surface area contributed by atoms with Crippen LogP contribution < -0.4 is 10.1 Å². The molecule has 3 aromatic rings. The number of ether oxygens (including phenoxy) is 1. The van der Waals surface area contributed by atoms with Gasteiger partial charge in [0.1, 0.15) is 5.75 Å². The van der Waals surface area contributed by atoms with Gasteiger partial charge in [-0.05, 0) is 48.9 Å². The highest BCUT2D eigenvalue weighted by Gasteiger charge is 2.16. The van der Waals surface area contributed by atoms with Crippen molar-refractivity contribution in [1.29, 1.82) is 0 Å². The Labute approximate surface area is 157 Å². The largest absolute Gasteiger partial charge is 0.497 e. The van der Waals surface area contributed by atoms with E-state index in [1.165, 1.54) is 5.56 Å². The monoisotopic (exact) mass is 365 g/mol. The summed E-state index contributed by atoms with van der Waals surface area (Å²) in [6.07, 6.45) is 0. The Bertz CT molecular complexity index is 846. The van der Waals surface area contributed by atoms with Gasteiger partial charge in [-0.15, -0.1) is 0 Å². The first-order valence-corrected chi connectivity index (χ1v) is 9.88. The van der Waals surface area contributed by atoms with Crippen LogP contribution in [0, 0.1) is 6.92 Å². The smallest absolute Gasteiger partial charge is 0.119 e. The van der Waals surface area contributed by atoms with E-state index >= 15 is 0 Å². The SMILES string of the molecule is COc1ccc(N[C@H](CS(=O)c2ccc(C)cc2)c2ccccc2)cc1. The molecule has 3 rings (SSSR count). The topological polar surface area (TPSA) is 38.3 Å². The number of hydrogen-bond acceptors (Lipinski definition) is 3. The van der Waals surface area contributed by atoms with Crippen LogP contribution in [0.15, 0.2) is 83.8 Å². The van der Waals surface area contributed by atoms with Crippen molar-refractivity contribution in [3.05, 3.63) is 90.0 Å². The lowest BCUT2D eigenvalue weighted by atomic mass is 10.1. The minimum atomic E-state index is -1.09. The third-order valence-electron chi connectivity index (χ3n) is 4.23. The maximum atomic E-state index is 12.9. The Hall–Kier alpha value is -2.59. The average Bonchev–Trinajstić information content (AvgIpc) is 2.69. The van der Waals surface area contributed by atoms with Crippen molar-refractivity contribution in [3.63, 3.8) is 0 Å². The summed E-state index contributed by atoms with van der Waals surface area (Å²) in [5, 5.41) is 3.51. The Morgan fingerprint density at radius 1 is 0.923 bits per heavy atom. The standard InChI is InChI=1S/C22H23NO2S/c1-17-8-14-21(15-9-17)26(24)16-22(18-6-4-3-5-7-18)23-19-10-12-20(25-2)13-11-19/h3-15,22-23H,16H2,1-2H3/t22-,26?/m1/s1. The Balaban J connectivity index is 1.81. The summed E-state index contributed by atoms with van der Waals surface area (Å²) in [6.45, 7) is 2.03. The van der Waals surface area contributed by atoms with E-state index in [1.807, 2.05) is 73.7 Å². The van der Waals surface area contributed by atoms with Crippen LogP contribution in [0.4, 0.5) is 5.69 Å². The van der Waals surface area contributed by atoms with Crippen LogP contribution in [-0.4, -0.2) is 17.1 Å². The lowest BCUT2D eigenvalue weighted by Gasteiger charge is -2.20. The maximum Gasteiger partial charge on any atom is 0.119 e. The normalized spacial score (nSPS) is 13.0. The fraction of sp³-hybridized carbons (Fsp3) is 0.182. The molecule has 3 nitrogen and oxygen atoms in total. The van der Waals surface area contributed by atoms with Gasteiger partial charge in [0, 0.05) is 10.6 Å². The van der Waals surface area contributed by atoms with E-state index in [2.05, 4.69) is 17.4 Å². The maximum absolute atomic E-state index is 12.9. The summed E-state index contributed by atoms with van der Waals surface area (Å²) in [4.78, 5) is 0.855. The van der Waals surface area contributed by atoms with Crippen molar-refractivity contribution < 1.29 is 8.95 Å². The highest BCUT2D eigenvalue weighted by molar-refractivity contribution is 7.85. The second kappa shape index (κ2) is 8.68. The van der Waals surface area contributed by atoms with Crippen molar-refractivity contribution in [1.82, 2.24) is 0 Å². The molecule has 0 radical (unpaired) electrons. The van der Waals surface area contributed by atoms with Gasteiger partial charge in [0.25, 0.3) is 0 Å². The highest BCUT2D eigenvalue weighted by atomic mass is 32.2. The number of methoxy groups -OCH3 is 1. The second-order valence-electron chi connectivity index (χ2n) is 6.16. The summed E-state index contributed by atoms with van der Waals surface area (Å²) in [7, 11) is 0.564. The predicted octanol–water partition coefficient (Wildman–Crippen LogP) is 4.96. The zero-order valence-electron chi connectivity index (χ0n) is 15.0. The van der Waals surface area contributed by atoms with E-state index < -0.39 is 10.8 Å². The van der Waals surface area contributed by atoms with Crippen molar-refractivity contribution in [2.45, 2.75) is 17.9 Å². The third-order valence-corrected chi connectivity index (χ3v) is 5.67. The molecule has 0 aliphatic carbocycles. The van der Waals surface area contributed by atoms with Gasteiger partial charge in [0.05, 0.1) is 29.7 Å². The zero-order chi connectivity index (χ0) is 18.4. The summed E-state index contributed by atoms with van der Waals surface area (Å²) in [5.41, 5.74) is 3.26. The molecular formula is C22H23NO2S. The number of anilines is 1. The lowest BCUT2D eigenvalue weighted by Crippen LogP contribution is -2.18. The van der Waals surface area contributed by atoms with Gasteiger partial charge >= 0.3 is 0 Å². The molecule has 0 amide bonds. The Kier molecular flexibility index (Phi) is 6.08. The average molecular weight is 365 g/mol. The molecular weight excluding hydrogens is 342 g/mol. The fourth-order valence-corrected chi connectivity index (χ4v) is 3.94. The Morgan fingerprint density at radius 3 is 2.19 bits per heavy atom. The van der Waals surface area contributed by atoms with Gasteiger partial charge in [0.2, 0.25) is 0 Å². The molecule has 0 saturated carbocycles. The number of hydrogen-bond donors (Lipinski definition) is 1. The predicted molar refractivity (Wildman–Crippen MR) is 108 cm³/mol. The Morgan fingerprint density at radius 2 is 1.58 bits per heavy atom. The van der Waals surface area contributed by atoms with Gasteiger partial charge in [-0.3, -0.25) is 4.21 Å². The van der Waals surface area contributed by atoms with E-state index in [1.54, 1.807) is 7.11 Å². The van der Waals surface area contributed by atoms with Gasteiger partial charge in [-0.25, -0.2) is 0 Å². The molecule has 0 aromatic heterocycles. The molecule has 3 aromatic carbocycles. The van der Waals surface area contributed by atoms with Gasteiger partial charge in [-0.1, -0.05) is 48.0 Å². The second-order valence-corrected chi connectivity index (χ2v) is 7.66. The van der Waals surface area contributed by atoms with E-state index in [0.29, 0.717) is 5.75 Å². The van der Waals surface area contributed by atoms with Crippen LogP contribution >= 0.6 is 0 Å². The van der Waals surface area contributed by atoms with Crippen molar-refractivity contribution in [2.75, 3.05) is 18.2 Å². The van der Waals surface area contributed by atoms with Crippen LogP contribution in [0.3, 0.4) is 0 Å². The van der Waals surface area contributed by atoms with Crippen molar-refractivity contribution >= 4 is 16.5 Å². The van der Waals surface area contributed by atoms with Gasteiger partial charge in [0.15, 0.2) is 0 Å². The minimum Gasteiger partial charge on any atom is -0.497 e. The quantitative estimate of drug-likeness (QED) is 0.643. The van der Waals surface area contributed by atoms with Gasteiger partial charge < -0.3 is 10.1 Å². The number of aryl methyl sites for hydroxylation is 1. The van der Waals surface area contributed by atoms with E-state index in [9.17, 15) is 4.21 Å². The number of rotatable bonds is 7. The first kappa shape index (κ1) is 18.2. The van der Waals surface area contributed by atoms with Crippen LogP contribution in [0.2, 0.25) is 0 Å². The third kappa shape index (κ3) is 4.73. The van der Waals surface area contributed by atoms with E-state index in [4.69, 9.17) is 4.74 Å². The number of nitrogens with one attached hydrogen (secondary N) is 1. The summed E-state index contributed by atoms with van der Waals surface area (Å²) in [6, 6.07) is 25.8. The molecule has 0 spiro atoms. The fourth-order valence-electron chi connectivity index (χ4n) is 2.73. The molecule has 26 heavy (non-hydrogen) atoms. The molecule has 0 heterocycles. The molecule has 1 unspecified atom stereocenters. The molecule has 2 atom stereocenters. The molecule has 4 heteroatoms. The van der Waals surface area contributed by atoms with E-state index in [-0.39, 0.29) is 6.04 Å². The molecule has 0 aliphatic rings. The van der Waals surface area contributed by atoms with Crippen LogP contribution in [-0.2, 0) is 10.8 Å². The minimum absolute atomic E-state index is 0.0493. The van der Waals surface area contributed by atoms with Crippen LogP contribution in [0.5, 0.6) is 5.75 Å². The molecule has 0 saturated heterocycles. The van der Waals surface area contributed by atoms with E-state index in [0.717, 1.165) is 21.9 Å². The van der Waals surface area contributed by atoms with Crippen LogP contribution in [0.1, 0.15) is 17.2 Å².